The minimum absolute atomic E-state index is 0.0744. The van der Waals surface area contributed by atoms with E-state index in [1.807, 2.05) is 12.2 Å². The lowest BCUT2D eigenvalue weighted by Gasteiger charge is -2.28. The molecule has 0 aromatic heterocycles. The highest BCUT2D eigenvalue weighted by Gasteiger charge is 2.35. The van der Waals surface area contributed by atoms with Gasteiger partial charge >= 0.3 is 6.09 Å². The number of halogens is 1. The number of ether oxygens (including phenoxy) is 1. The van der Waals surface area contributed by atoms with E-state index in [9.17, 15) is 14.0 Å². The van der Waals surface area contributed by atoms with Crippen LogP contribution in [0.1, 0.15) is 44.6 Å². The van der Waals surface area contributed by atoms with Crippen molar-refractivity contribution in [1.29, 1.82) is 0 Å². The second-order valence-electron chi connectivity index (χ2n) is 9.33. The zero-order valence-corrected chi connectivity index (χ0v) is 18.7. The summed E-state index contributed by atoms with van der Waals surface area (Å²) in [7, 11) is 0. The summed E-state index contributed by atoms with van der Waals surface area (Å²) in [5, 5.41) is 3.53. The lowest BCUT2D eigenvalue weighted by molar-refractivity contribution is -0.114. The van der Waals surface area contributed by atoms with E-state index in [4.69, 9.17) is 4.74 Å². The number of nitrogens with one attached hydrogen (secondary N) is 1. The van der Waals surface area contributed by atoms with Crippen LogP contribution in [0, 0.1) is 5.82 Å². The number of Topliss-reactive ketones (excluding diaryl/α,β-unsaturated/α-hetero) is 1. The third-order valence-electron chi connectivity index (χ3n) is 7.00. The van der Waals surface area contributed by atoms with Gasteiger partial charge in [0.25, 0.3) is 0 Å². The summed E-state index contributed by atoms with van der Waals surface area (Å²) >= 11 is 0. The molecule has 1 aromatic carbocycles. The van der Waals surface area contributed by atoms with Crippen LogP contribution in [0.3, 0.4) is 0 Å². The fraction of sp³-hybridized carbons (Fsp3) is 0.370. The molecule has 5 rings (SSSR count). The lowest BCUT2D eigenvalue weighted by atomic mass is 9.87. The van der Waals surface area contributed by atoms with Gasteiger partial charge in [-0.05, 0) is 61.6 Å². The third kappa shape index (κ3) is 4.31. The van der Waals surface area contributed by atoms with Crippen LogP contribution in [-0.4, -0.2) is 36.0 Å². The molecule has 0 bridgehead atoms. The Labute approximate surface area is 193 Å². The first kappa shape index (κ1) is 21.5. The van der Waals surface area contributed by atoms with Crippen molar-refractivity contribution in [1.82, 2.24) is 10.2 Å². The Bertz CT molecular complexity index is 1150. The average molecular weight is 447 g/mol. The first-order chi connectivity index (χ1) is 15.9. The zero-order valence-electron chi connectivity index (χ0n) is 18.7. The Morgan fingerprint density at radius 2 is 2.12 bits per heavy atom. The van der Waals surface area contributed by atoms with Crippen LogP contribution < -0.4 is 5.32 Å². The highest BCUT2D eigenvalue weighted by atomic mass is 19.1. The Kier molecular flexibility index (Phi) is 5.55. The number of carbonyl (C=O) groups is 2. The maximum absolute atomic E-state index is 13.4. The predicted octanol–water partition coefficient (Wildman–Crippen LogP) is 4.83. The van der Waals surface area contributed by atoms with Crippen LogP contribution in [0.4, 0.5) is 9.18 Å². The van der Waals surface area contributed by atoms with Gasteiger partial charge in [0.1, 0.15) is 12.4 Å². The molecule has 2 aliphatic carbocycles. The second-order valence-corrected chi connectivity index (χ2v) is 9.33. The van der Waals surface area contributed by atoms with Crippen molar-refractivity contribution >= 4 is 11.9 Å². The number of ketones is 1. The van der Waals surface area contributed by atoms with Gasteiger partial charge in [-0.3, -0.25) is 4.79 Å². The molecule has 1 fully saturated rings. The molecule has 5 nitrogen and oxygen atoms in total. The van der Waals surface area contributed by atoms with Crippen LogP contribution in [-0.2, 0) is 15.1 Å². The Hall–Kier alpha value is -3.37. The van der Waals surface area contributed by atoms with Crippen LogP contribution in [0.5, 0.6) is 0 Å². The smallest absolute Gasteiger partial charge is 0.410 e. The maximum atomic E-state index is 13.4. The van der Waals surface area contributed by atoms with Gasteiger partial charge in [-0.25, -0.2) is 9.18 Å². The number of hydrogen-bond acceptors (Lipinski definition) is 4. The molecule has 1 N–H and O–H groups in total. The van der Waals surface area contributed by atoms with Crippen molar-refractivity contribution < 1.29 is 18.7 Å². The molecule has 1 saturated heterocycles. The number of hydrogen-bond donors (Lipinski definition) is 1. The highest BCUT2D eigenvalue weighted by molar-refractivity contribution is 6.00. The lowest BCUT2D eigenvalue weighted by Crippen LogP contribution is -2.37. The van der Waals surface area contributed by atoms with Gasteiger partial charge in [-0.15, -0.1) is 5.73 Å². The van der Waals surface area contributed by atoms with Crippen molar-refractivity contribution in [2.45, 2.75) is 50.6 Å². The topological polar surface area (TPSA) is 58.6 Å². The number of benzene rings is 1. The molecular weight excluding hydrogens is 419 g/mol. The quantitative estimate of drug-likeness (QED) is 0.520. The number of cyclic esters (lactones) is 1. The fourth-order valence-corrected chi connectivity index (χ4v) is 5.12. The van der Waals surface area contributed by atoms with Gasteiger partial charge in [0.15, 0.2) is 5.78 Å². The first-order valence-electron chi connectivity index (χ1n) is 11.5. The molecule has 2 heterocycles. The summed E-state index contributed by atoms with van der Waals surface area (Å²) in [5.41, 5.74) is 7.54. The molecule has 0 saturated carbocycles. The normalized spacial score (nSPS) is 26.4. The van der Waals surface area contributed by atoms with Crippen molar-refractivity contribution in [3.63, 3.8) is 0 Å². The second kappa shape index (κ2) is 8.53. The van der Waals surface area contributed by atoms with Gasteiger partial charge < -0.3 is 15.0 Å². The largest absolute Gasteiger partial charge is 0.448 e. The number of nitrogens with zero attached hydrogens (tertiary/aromatic N) is 1. The van der Waals surface area contributed by atoms with Crippen molar-refractivity contribution in [2.24, 2.45) is 0 Å². The Morgan fingerprint density at radius 3 is 2.82 bits per heavy atom. The number of amides is 1. The third-order valence-corrected chi connectivity index (χ3v) is 7.00. The summed E-state index contributed by atoms with van der Waals surface area (Å²) in [4.78, 5) is 26.7. The van der Waals surface area contributed by atoms with Crippen molar-refractivity contribution in [3.8, 4) is 0 Å². The van der Waals surface area contributed by atoms with Crippen LogP contribution in [0.15, 0.2) is 76.7 Å². The summed E-state index contributed by atoms with van der Waals surface area (Å²) in [5.74, 6) is -0.181. The summed E-state index contributed by atoms with van der Waals surface area (Å²) in [6, 6.07) is 6.71. The summed E-state index contributed by atoms with van der Waals surface area (Å²) < 4.78 is 18.4. The van der Waals surface area contributed by atoms with Crippen LogP contribution in [0.25, 0.3) is 0 Å². The Balaban J connectivity index is 1.26. The van der Waals surface area contributed by atoms with E-state index in [0.717, 1.165) is 41.7 Å². The molecular formula is C27H27FN2O3. The first-order valence-corrected chi connectivity index (χ1v) is 11.5. The van der Waals surface area contributed by atoms with E-state index in [-0.39, 0.29) is 29.3 Å². The van der Waals surface area contributed by atoms with E-state index < -0.39 is 0 Å². The molecule has 1 aromatic rings. The van der Waals surface area contributed by atoms with Crippen molar-refractivity contribution in [3.05, 3.63) is 88.1 Å². The van der Waals surface area contributed by atoms with Gasteiger partial charge in [0.05, 0.1) is 12.1 Å². The molecule has 0 unspecified atom stereocenters. The molecule has 0 radical (unpaired) electrons. The van der Waals surface area contributed by atoms with Crippen molar-refractivity contribution in [2.75, 3.05) is 13.2 Å². The predicted molar refractivity (Wildman–Crippen MR) is 123 cm³/mol. The number of rotatable bonds is 5. The molecule has 4 aliphatic rings. The molecule has 2 aliphatic heterocycles. The van der Waals surface area contributed by atoms with E-state index in [1.54, 1.807) is 23.1 Å². The minimum atomic E-state index is -0.365. The number of allylic oxidation sites excluding steroid dienone is 4. The molecule has 33 heavy (non-hydrogen) atoms. The molecule has 2 atom stereocenters. The monoisotopic (exact) mass is 446 g/mol. The average Bonchev–Trinajstić information content (AvgIpc) is 3.31. The van der Waals surface area contributed by atoms with Gasteiger partial charge in [-0.2, -0.15) is 0 Å². The standard InChI is InChI=1S/C27H27FN2O3/c1-27(21-7-9-22(28)10-8-21)17-20-16-19(3-2-4-24(20)29-27)25(31)15-18-5-11-23(12-6-18)30-13-14-33-26(30)32/h3-5,7-10,16,23,29H,6,11-15,17H2,1H3/t23-,27-/m1/s1. The SMILES string of the molecule is C[C@]1(c2ccc(F)cc2)CC2=C(C=C=CC(C(=O)CC3=CC[C@@H](N4CCOC4=O)CC3)=C2)N1. The summed E-state index contributed by atoms with van der Waals surface area (Å²) in [6.07, 6.45) is 11.0. The van der Waals surface area contributed by atoms with E-state index in [0.29, 0.717) is 31.6 Å². The van der Waals surface area contributed by atoms with E-state index in [1.165, 1.54) is 12.1 Å². The number of carbonyl (C=O) groups excluding carboxylic acids is 2. The highest BCUT2D eigenvalue weighted by Crippen LogP contribution is 2.38. The van der Waals surface area contributed by atoms with E-state index in [2.05, 4.69) is 24.0 Å². The molecule has 6 heteroatoms. The van der Waals surface area contributed by atoms with E-state index >= 15 is 0 Å². The summed E-state index contributed by atoms with van der Waals surface area (Å²) in [6.45, 7) is 3.20. The Morgan fingerprint density at radius 1 is 1.30 bits per heavy atom. The molecule has 1 amide bonds. The van der Waals surface area contributed by atoms with Gasteiger partial charge in [-0.1, -0.05) is 23.8 Å². The van der Waals surface area contributed by atoms with Gasteiger partial charge in [0.2, 0.25) is 0 Å². The van der Waals surface area contributed by atoms with Gasteiger partial charge in [0, 0.05) is 36.2 Å². The van der Waals surface area contributed by atoms with Crippen LogP contribution in [0.2, 0.25) is 0 Å². The molecule has 170 valence electrons. The molecule has 0 spiro atoms. The fourth-order valence-electron chi connectivity index (χ4n) is 5.12. The van der Waals surface area contributed by atoms with Crippen LogP contribution >= 0.6 is 0 Å². The zero-order chi connectivity index (χ0) is 23.0. The minimum Gasteiger partial charge on any atom is -0.448 e. The maximum Gasteiger partial charge on any atom is 0.410 e.